The van der Waals surface area contributed by atoms with Gasteiger partial charge in [-0.3, -0.25) is 14.3 Å². The summed E-state index contributed by atoms with van der Waals surface area (Å²) in [5, 5.41) is 9.11. The third-order valence-electron chi connectivity index (χ3n) is 3.52. The molecular weight excluding hydrogens is 243 g/mol. The maximum absolute atomic E-state index is 14.6. The van der Waals surface area contributed by atoms with E-state index < -0.39 is 35.2 Å². The minimum atomic E-state index is -1.81. The third-order valence-corrected chi connectivity index (χ3v) is 3.52. The molecule has 1 aromatic rings. The van der Waals surface area contributed by atoms with Crippen molar-refractivity contribution in [3.05, 3.63) is 33.1 Å². The van der Waals surface area contributed by atoms with Crippen LogP contribution in [0.25, 0.3) is 0 Å². The van der Waals surface area contributed by atoms with Gasteiger partial charge in [0.15, 0.2) is 11.9 Å². The predicted octanol–water partition coefficient (Wildman–Crippen LogP) is -0.209. The van der Waals surface area contributed by atoms with Crippen LogP contribution in [0.3, 0.4) is 0 Å². The molecule has 7 heteroatoms. The van der Waals surface area contributed by atoms with E-state index in [9.17, 15) is 14.0 Å². The Balaban J connectivity index is 2.45. The van der Waals surface area contributed by atoms with E-state index in [2.05, 4.69) is 0 Å². The van der Waals surface area contributed by atoms with Gasteiger partial charge in [-0.15, -0.1) is 0 Å². The van der Waals surface area contributed by atoms with Crippen molar-refractivity contribution in [2.45, 2.75) is 31.8 Å². The number of hydrogen-bond donors (Lipinski definition) is 2. The van der Waals surface area contributed by atoms with Gasteiger partial charge in [-0.25, -0.2) is 9.18 Å². The molecule has 2 rings (SSSR count). The minimum Gasteiger partial charge on any atom is -0.394 e. The summed E-state index contributed by atoms with van der Waals surface area (Å²) in [6.07, 6.45) is -0.645. The molecule has 1 aromatic heterocycles. The van der Waals surface area contributed by atoms with Gasteiger partial charge in [-0.1, -0.05) is 6.92 Å². The number of aromatic amines is 1. The average Bonchev–Trinajstić information content (AvgIpc) is 2.52. The van der Waals surface area contributed by atoms with Crippen LogP contribution in [0.5, 0.6) is 0 Å². The van der Waals surface area contributed by atoms with E-state index in [1.165, 1.54) is 13.1 Å². The number of halogens is 1. The molecule has 0 saturated carbocycles. The molecule has 0 aromatic carbocycles. The van der Waals surface area contributed by atoms with Crippen molar-refractivity contribution < 1.29 is 14.2 Å². The lowest BCUT2D eigenvalue weighted by Crippen LogP contribution is -2.40. The van der Waals surface area contributed by atoms with Crippen LogP contribution in [-0.2, 0) is 4.74 Å². The van der Waals surface area contributed by atoms with Crippen LogP contribution in [-0.4, -0.2) is 33.0 Å². The summed E-state index contributed by atoms with van der Waals surface area (Å²) < 4.78 is 20.9. The summed E-state index contributed by atoms with van der Waals surface area (Å²) in [6.45, 7) is 2.60. The van der Waals surface area contributed by atoms with E-state index in [1.54, 1.807) is 6.92 Å². The van der Waals surface area contributed by atoms with Gasteiger partial charge in [0.2, 0.25) is 0 Å². The van der Waals surface area contributed by atoms with Crippen molar-refractivity contribution in [3.8, 4) is 0 Å². The number of rotatable bonds is 2. The van der Waals surface area contributed by atoms with E-state index >= 15 is 0 Å². The monoisotopic (exact) mass is 258 g/mol. The molecule has 0 bridgehead atoms. The zero-order chi connectivity index (χ0) is 13.5. The average molecular weight is 258 g/mol. The molecule has 1 aliphatic rings. The van der Waals surface area contributed by atoms with E-state index in [4.69, 9.17) is 9.84 Å². The Labute approximate surface area is 102 Å². The minimum absolute atomic E-state index is 0.324. The summed E-state index contributed by atoms with van der Waals surface area (Å²) in [7, 11) is 0. The predicted molar refractivity (Wildman–Crippen MR) is 61.0 cm³/mol. The fourth-order valence-electron chi connectivity index (χ4n) is 2.16. The summed E-state index contributed by atoms with van der Waals surface area (Å²) in [6, 6.07) is 1.12. The molecule has 1 saturated heterocycles. The van der Waals surface area contributed by atoms with E-state index in [1.807, 2.05) is 4.98 Å². The summed E-state index contributed by atoms with van der Waals surface area (Å²) in [5.74, 6) is -0.564. The number of alkyl halides is 1. The van der Waals surface area contributed by atoms with Crippen LogP contribution in [0.1, 0.15) is 20.1 Å². The van der Waals surface area contributed by atoms with Gasteiger partial charge in [0.05, 0.1) is 12.7 Å². The van der Waals surface area contributed by atoms with Gasteiger partial charge in [0.25, 0.3) is 5.56 Å². The van der Waals surface area contributed by atoms with Crippen LogP contribution in [0.15, 0.2) is 21.9 Å². The van der Waals surface area contributed by atoms with Crippen LogP contribution in [0.4, 0.5) is 4.39 Å². The normalized spacial score (nSPS) is 35.9. The van der Waals surface area contributed by atoms with Gasteiger partial charge in [0, 0.05) is 18.2 Å². The topological polar surface area (TPSA) is 84.3 Å². The van der Waals surface area contributed by atoms with Gasteiger partial charge in [0.1, 0.15) is 0 Å². The van der Waals surface area contributed by atoms with Gasteiger partial charge < -0.3 is 9.84 Å². The Morgan fingerprint density at radius 2 is 2.28 bits per heavy atom. The quantitative estimate of drug-likeness (QED) is 0.768. The zero-order valence-electron chi connectivity index (χ0n) is 10.1. The second-order valence-electron chi connectivity index (χ2n) is 4.67. The molecule has 100 valence electrons. The Morgan fingerprint density at radius 1 is 1.61 bits per heavy atom. The van der Waals surface area contributed by atoms with Crippen molar-refractivity contribution in [2.24, 2.45) is 5.92 Å². The number of ether oxygens (including phenoxy) is 1. The molecule has 0 radical (unpaired) electrons. The van der Waals surface area contributed by atoms with Crippen LogP contribution in [0, 0.1) is 5.92 Å². The standard InChI is InChI=1S/C11H15FN2O4/c1-6-7(5-15)18-9(11(6,2)12)14-4-3-8(16)13-10(14)17/h3-4,6-7,9,15H,5H2,1-2H3,(H,13,16,17)/t6?,7-,9-,11-/m1/s1. The molecule has 1 aliphatic heterocycles. The number of H-pyrrole nitrogens is 1. The highest BCUT2D eigenvalue weighted by molar-refractivity contribution is 4.99. The maximum Gasteiger partial charge on any atom is 0.330 e. The molecule has 0 aliphatic carbocycles. The molecule has 1 fully saturated rings. The van der Waals surface area contributed by atoms with Crippen molar-refractivity contribution in [1.82, 2.24) is 9.55 Å². The van der Waals surface area contributed by atoms with Gasteiger partial charge in [-0.05, 0) is 6.92 Å². The largest absolute Gasteiger partial charge is 0.394 e. The summed E-state index contributed by atoms with van der Waals surface area (Å²) in [5.41, 5.74) is -3.10. The Bertz CT molecular complexity index is 550. The van der Waals surface area contributed by atoms with Crippen LogP contribution >= 0.6 is 0 Å². The number of aliphatic hydroxyl groups is 1. The highest BCUT2D eigenvalue weighted by Gasteiger charge is 2.53. The SMILES string of the molecule is CC1[C@@H](CO)O[C@@H](n2ccc(=O)[nH]c2=O)[C@]1(C)F. The van der Waals surface area contributed by atoms with Crippen LogP contribution in [0.2, 0.25) is 0 Å². The Morgan fingerprint density at radius 3 is 2.78 bits per heavy atom. The molecule has 18 heavy (non-hydrogen) atoms. The third kappa shape index (κ3) is 1.89. The number of aliphatic hydroxyl groups excluding tert-OH is 1. The Kier molecular flexibility index (Phi) is 3.12. The first-order chi connectivity index (χ1) is 8.37. The number of nitrogens with one attached hydrogen (secondary N) is 1. The number of hydrogen-bond acceptors (Lipinski definition) is 4. The molecule has 0 amide bonds. The lowest BCUT2D eigenvalue weighted by molar-refractivity contribution is -0.0611. The summed E-state index contributed by atoms with van der Waals surface area (Å²) >= 11 is 0. The van der Waals surface area contributed by atoms with E-state index in [0.717, 1.165) is 10.6 Å². The molecule has 4 atom stereocenters. The first kappa shape index (κ1) is 13.0. The highest BCUT2D eigenvalue weighted by atomic mass is 19.1. The number of nitrogens with zero attached hydrogens (tertiary/aromatic N) is 1. The molecular formula is C11H15FN2O4. The number of aromatic nitrogens is 2. The van der Waals surface area contributed by atoms with Crippen molar-refractivity contribution in [2.75, 3.05) is 6.61 Å². The van der Waals surface area contributed by atoms with Gasteiger partial charge >= 0.3 is 5.69 Å². The van der Waals surface area contributed by atoms with Crippen molar-refractivity contribution in [1.29, 1.82) is 0 Å². The van der Waals surface area contributed by atoms with Crippen LogP contribution < -0.4 is 11.2 Å². The molecule has 1 unspecified atom stereocenters. The molecule has 6 nitrogen and oxygen atoms in total. The zero-order valence-corrected chi connectivity index (χ0v) is 10.1. The fraction of sp³-hybridized carbons (Fsp3) is 0.636. The second kappa shape index (κ2) is 4.33. The Hall–Kier alpha value is -1.47. The van der Waals surface area contributed by atoms with Gasteiger partial charge in [-0.2, -0.15) is 0 Å². The maximum atomic E-state index is 14.6. The fourth-order valence-corrected chi connectivity index (χ4v) is 2.16. The first-order valence-electron chi connectivity index (χ1n) is 5.64. The smallest absolute Gasteiger partial charge is 0.330 e. The highest BCUT2D eigenvalue weighted by Crippen LogP contribution is 2.44. The molecule has 2 heterocycles. The molecule has 0 spiro atoms. The van der Waals surface area contributed by atoms with E-state index in [0.29, 0.717) is 0 Å². The lowest BCUT2D eigenvalue weighted by Gasteiger charge is -2.25. The van der Waals surface area contributed by atoms with Crippen molar-refractivity contribution in [3.63, 3.8) is 0 Å². The summed E-state index contributed by atoms with van der Waals surface area (Å²) in [4.78, 5) is 24.6. The lowest BCUT2D eigenvalue weighted by atomic mass is 9.90. The first-order valence-corrected chi connectivity index (χ1v) is 5.64. The molecule has 2 N–H and O–H groups in total. The second-order valence-corrected chi connectivity index (χ2v) is 4.67. The van der Waals surface area contributed by atoms with E-state index in [-0.39, 0.29) is 6.61 Å². The van der Waals surface area contributed by atoms with Crippen molar-refractivity contribution >= 4 is 0 Å².